The average Bonchev–Trinajstić information content (AvgIpc) is 3.31. The van der Waals surface area contributed by atoms with E-state index in [1.807, 2.05) is 42.5 Å². The predicted molar refractivity (Wildman–Crippen MR) is 177 cm³/mol. The number of ether oxygens (including phenoxy) is 1. The molecule has 4 heteroatoms. The third-order valence-corrected chi connectivity index (χ3v) is 9.13. The van der Waals surface area contributed by atoms with Crippen LogP contribution in [0.15, 0.2) is 127 Å². The topological polar surface area (TPSA) is 47.9 Å². The summed E-state index contributed by atoms with van der Waals surface area (Å²) in [6, 6.07) is 44.3. The van der Waals surface area contributed by atoms with Gasteiger partial charge in [0.2, 0.25) is 0 Å². The summed E-state index contributed by atoms with van der Waals surface area (Å²) in [6.07, 6.45) is 0. The van der Waals surface area contributed by atoms with Crippen molar-refractivity contribution in [2.75, 3.05) is 0 Å². The second-order valence-corrected chi connectivity index (χ2v) is 12.1. The minimum Gasteiger partial charge on any atom is -0.456 e. The van der Waals surface area contributed by atoms with Crippen LogP contribution in [0.5, 0.6) is 11.5 Å². The number of hydrogen-bond acceptors (Lipinski definition) is 4. The average molecular weight is 566 g/mol. The van der Waals surface area contributed by atoms with Gasteiger partial charge >= 0.3 is 0 Å². The van der Waals surface area contributed by atoms with Crippen LogP contribution in [0.25, 0.3) is 67.2 Å². The van der Waals surface area contributed by atoms with Gasteiger partial charge in [-0.15, -0.1) is 0 Å². The number of nitrogens with zero attached hydrogens (tertiary/aromatic N) is 3. The number of aromatic nitrogens is 3. The van der Waals surface area contributed by atoms with Crippen LogP contribution in [0, 0.1) is 0 Å². The highest BCUT2D eigenvalue weighted by Gasteiger charge is 2.35. The Bertz CT molecular complexity index is 2280. The summed E-state index contributed by atoms with van der Waals surface area (Å²) in [5.41, 5.74) is 10.1. The molecule has 1 aliphatic carbocycles. The van der Waals surface area contributed by atoms with E-state index >= 15 is 0 Å². The highest BCUT2D eigenvalue weighted by Crippen LogP contribution is 2.50. The SMILES string of the molecule is CC1(C)c2ccccc2-c2ccc(-c3nc(-c4ccccc4)nc(-c4ccc5c(c4)Oc4cccc6cccc-5c46)n3)cc21. The molecule has 0 saturated carbocycles. The Balaban J connectivity index is 1.20. The fourth-order valence-corrected chi connectivity index (χ4v) is 6.90. The molecule has 0 radical (unpaired) electrons. The highest BCUT2D eigenvalue weighted by atomic mass is 16.5. The molecule has 0 fully saturated rings. The van der Waals surface area contributed by atoms with Crippen molar-refractivity contribution in [3.63, 3.8) is 0 Å². The van der Waals surface area contributed by atoms with Crippen molar-refractivity contribution in [1.82, 2.24) is 15.0 Å². The molecule has 0 amide bonds. The minimum atomic E-state index is -0.116. The van der Waals surface area contributed by atoms with Crippen LogP contribution in [0.1, 0.15) is 25.0 Å². The lowest BCUT2D eigenvalue weighted by Gasteiger charge is -2.22. The fourth-order valence-electron chi connectivity index (χ4n) is 6.90. The lowest BCUT2D eigenvalue weighted by atomic mass is 9.82. The molecule has 1 aromatic heterocycles. The second kappa shape index (κ2) is 9.19. The molecule has 0 bridgehead atoms. The first-order valence-electron chi connectivity index (χ1n) is 15.0. The van der Waals surface area contributed by atoms with Crippen LogP contribution < -0.4 is 4.74 Å². The summed E-state index contributed by atoms with van der Waals surface area (Å²) in [4.78, 5) is 15.1. The van der Waals surface area contributed by atoms with Gasteiger partial charge in [0.1, 0.15) is 11.5 Å². The van der Waals surface area contributed by atoms with Gasteiger partial charge in [0, 0.05) is 33.1 Å². The summed E-state index contributed by atoms with van der Waals surface area (Å²) < 4.78 is 6.47. The van der Waals surface area contributed by atoms with Crippen LogP contribution in [0.2, 0.25) is 0 Å². The third kappa shape index (κ3) is 3.67. The molecule has 9 rings (SSSR count). The van der Waals surface area contributed by atoms with Gasteiger partial charge in [-0.25, -0.2) is 15.0 Å². The molecule has 6 aromatic carbocycles. The molecule has 2 heterocycles. The van der Waals surface area contributed by atoms with Gasteiger partial charge in [-0.1, -0.05) is 117 Å². The summed E-state index contributed by atoms with van der Waals surface area (Å²) in [7, 11) is 0. The number of fused-ring (bicyclic) bond motifs is 5. The normalized spacial score (nSPS) is 13.6. The fraction of sp³-hybridized carbons (Fsp3) is 0.0750. The van der Waals surface area contributed by atoms with E-state index in [1.54, 1.807) is 0 Å². The highest BCUT2D eigenvalue weighted by molar-refractivity contribution is 6.04. The van der Waals surface area contributed by atoms with E-state index in [4.69, 9.17) is 19.7 Å². The molecular weight excluding hydrogens is 538 g/mol. The first-order chi connectivity index (χ1) is 21.5. The summed E-state index contributed by atoms with van der Waals surface area (Å²) in [5, 5.41) is 2.32. The predicted octanol–water partition coefficient (Wildman–Crippen LogP) is 10.1. The quantitative estimate of drug-likeness (QED) is 0.214. The number of hydrogen-bond donors (Lipinski definition) is 0. The molecule has 2 aliphatic rings. The molecular formula is C40H27N3O. The van der Waals surface area contributed by atoms with Crippen LogP contribution in [0.4, 0.5) is 0 Å². The Labute approximate surface area is 255 Å². The van der Waals surface area contributed by atoms with Crippen LogP contribution in [-0.4, -0.2) is 15.0 Å². The maximum absolute atomic E-state index is 6.47. The van der Waals surface area contributed by atoms with E-state index in [2.05, 4.69) is 98.8 Å². The standard InChI is InChI=1S/C40H27N3O/c1-40(2)32-16-7-6-14-28(32)29-20-18-26(22-33(29)40)38-41-37(25-10-4-3-5-11-25)42-39(43-38)27-19-21-30-31-15-8-12-24-13-9-17-34(36(24)31)44-35(30)23-27/h3-23H,1-2H3. The van der Waals surface area contributed by atoms with Crippen LogP contribution in [-0.2, 0) is 5.41 Å². The summed E-state index contributed by atoms with van der Waals surface area (Å²) >= 11 is 0. The Morgan fingerprint density at radius 1 is 0.455 bits per heavy atom. The zero-order valence-electron chi connectivity index (χ0n) is 24.4. The molecule has 7 aromatic rings. The maximum atomic E-state index is 6.47. The summed E-state index contributed by atoms with van der Waals surface area (Å²) in [5.74, 6) is 3.57. The van der Waals surface area contributed by atoms with Gasteiger partial charge in [0.25, 0.3) is 0 Å². The number of rotatable bonds is 3. The monoisotopic (exact) mass is 565 g/mol. The lowest BCUT2D eigenvalue weighted by Crippen LogP contribution is -2.15. The lowest BCUT2D eigenvalue weighted by molar-refractivity contribution is 0.487. The molecule has 0 spiro atoms. The molecule has 0 saturated heterocycles. The van der Waals surface area contributed by atoms with Crippen molar-refractivity contribution in [3.05, 3.63) is 139 Å². The minimum absolute atomic E-state index is 0.116. The van der Waals surface area contributed by atoms with Crippen molar-refractivity contribution in [1.29, 1.82) is 0 Å². The molecule has 44 heavy (non-hydrogen) atoms. The Kier molecular flexibility index (Phi) is 5.21. The van der Waals surface area contributed by atoms with E-state index in [9.17, 15) is 0 Å². The Hall–Kier alpha value is -5.61. The van der Waals surface area contributed by atoms with Gasteiger partial charge in [0.05, 0.1) is 0 Å². The zero-order chi connectivity index (χ0) is 29.4. The van der Waals surface area contributed by atoms with Gasteiger partial charge in [-0.05, 0) is 57.5 Å². The Morgan fingerprint density at radius 3 is 1.86 bits per heavy atom. The summed E-state index contributed by atoms with van der Waals surface area (Å²) in [6.45, 7) is 4.59. The maximum Gasteiger partial charge on any atom is 0.164 e. The molecule has 1 aliphatic heterocycles. The molecule has 0 unspecified atom stereocenters. The van der Waals surface area contributed by atoms with E-state index in [-0.39, 0.29) is 5.41 Å². The van der Waals surface area contributed by atoms with Crippen LogP contribution >= 0.6 is 0 Å². The van der Waals surface area contributed by atoms with Crippen molar-refractivity contribution < 1.29 is 4.74 Å². The molecule has 0 N–H and O–H groups in total. The second-order valence-electron chi connectivity index (χ2n) is 12.1. The van der Waals surface area contributed by atoms with Crippen molar-refractivity contribution >= 4 is 10.8 Å². The van der Waals surface area contributed by atoms with Gasteiger partial charge in [-0.2, -0.15) is 0 Å². The van der Waals surface area contributed by atoms with Gasteiger partial charge in [-0.3, -0.25) is 0 Å². The van der Waals surface area contributed by atoms with E-state index in [0.717, 1.165) is 39.1 Å². The largest absolute Gasteiger partial charge is 0.456 e. The first kappa shape index (κ1) is 24.9. The molecule has 208 valence electrons. The van der Waals surface area contributed by atoms with Crippen molar-refractivity contribution in [2.24, 2.45) is 0 Å². The zero-order valence-corrected chi connectivity index (χ0v) is 24.4. The van der Waals surface area contributed by atoms with Crippen molar-refractivity contribution in [2.45, 2.75) is 19.3 Å². The van der Waals surface area contributed by atoms with Gasteiger partial charge in [0.15, 0.2) is 17.5 Å². The van der Waals surface area contributed by atoms with Crippen LogP contribution in [0.3, 0.4) is 0 Å². The van der Waals surface area contributed by atoms with Gasteiger partial charge < -0.3 is 4.74 Å². The molecule has 0 atom stereocenters. The third-order valence-electron chi connectivity index (χ3n) is 9.13. The Morgan fingerprint density at radius 2 is 1.07 bits per heavy atom. The van der Waals surface area contributed by atoms with E-state index in [0.29, 0.717) is 17.5 Å². The molecule has 4 nitrogen and oxygen atoms in total. The van der Waals surface area contributed by atoms with E-state index < -0.39 is 0 Å². The van der Waals surface area contributed by atoms with E-state index in [1.165, 1.54) is 33.2 Å². The smallest absolute Gasteiger partial charge is 0.164 e. The van der Waals surface area contributed by atoms with Crippen molar-refractivity contribution in [3.8, 4) is 67.9 Å². The number of benzene rings is 6. The first-order valence-corrected chi connectivity index (χ1v) is 15.0.